The monoisotopic (exact) mass is 219 g/mol. The maximum absolute atomic E-state index is 13.1. The van der Waals surface area contributed by atoms with Gasteiger partial charge in [0.1, 0.15) is 11.6 Å². The maximum Gasteiger partial charge on any atom is 0.125 e. The number of rotatable bonds is 4. The van der Waals surface area contributed by atoms with Crippen LogP contribution < -0.4 is 5.73 Å². The molecule has 2 aromatic rings. The Morgan fingerprint density at radius 2 is 2.31 bits per heavy atom. The Bertz CT molecular complexity index is 516. The van der Waals surface area contributed by atoms with Gasteiger partial charge in [-0.15, -0.1) is 6.58 Å². The Labute approximate surface area is 93.4 Å². The summed E-state index contributed by atoms with van der Waals surface area (Å²) in [6.07, 6.45) is 2.48. The van der Waals surface area contributed by atoms with E-state index in [-0.39, 0.29) is 5.82 Å². The van der Waals surface area contributed by atoms with Gasteiger partial charge in [0.2, 0.25) is 0 Å². The van der Waals surface area contributed by atoms with Crippen molar-refractivity contribution >= 4 is 11.0 Å². The quantitative estimate of drug-likeness (QED) is 0.798. The van der Waals surface area contributed by atoms with Crippen molar-refractivity contribution in [1.29, 1.82) is 0 Å². The van der Waals surface area contributed by atoms with E-state index in [2.05, 4.69) is 11.6 Å². The highest BCUT2D eigenvalue weighted by Gasteiger charge is 2.09. The SMILES string of the molecule is C=CCn1c(CCN)nc2cc(F)ccc21. The van der Waals surface area contributed by atoms with Gasteiger partial charge in [0.05, 0.1) is 11.0 Å². The lowest BCUT2D eigenvalue weighted by molar-refractivity contribution is 0.629. The normalized spacial score (nSPS) is 10.9. The van der Waals surface area contributed by atoms with E-state index in [0.717, 1.165) is 11.3 Å². The summed E-state index contributed by atoms with van der Waals surface area (Å²) in [5.41, 5.74) is 7.12. The highest BCUT2D eigenvalue weighted by Crippen LogP contribution is 2.17. The fraction of sp³-hybridized carbons (Fsp3) is 0.250. The molecule has 0 radical (unpaired) electrons. The molecular weight excluding hydrogens is 205 g/mol. The smallest absolute Gasteiger partial charge is 0.125 e. The number of allylic oxidation sites excluding steroid dienone is 1. The first-order valence-corrected chi connectivity index (χ1v) is 5.22. The molecule has 3 nitrogen and oxygen atoms in total. The Hall–Kier alpha value is -1.68. The molecule has 0 aliphatic carbocycles. The fourth-order valence-electron chi connectivity index (χ4n) is 1.81. The first kappa shape index (κ1) is 10.8. The molecule has 84 valence electrons. The van der Waals surface area contributed by atoms with Crippen molar-refractivity contribution in [2.24, 2.45) is 5.73 Å². The van der Waals surface area contributed by atoms with E-state index in [9.17, 15) is 4.39 Å². The number of fused-ring (bicyclic) bond motifs is 1. The van der Waals surface area contributed by atoms with Gasteiger partial charge in [-0.2, -0.15) is 0 Å². The zero-order valence-electron chi connectivity index (χ0n) is 8.99. The summed E-state index contributed by atoms with van der Waals surface area (Å²) < 4.78 is 15.1. The average Bonchev–Trinajstić information content (AvgIpc) is 2.57. The number of imidazole rings is 1. The van der Waals surface area contributed by atoms with Crippen LogP contribution >= 0.6 is 0 Å². The van der Waals surface area contributed by atoms with Crippen LogP contribution in [0.15, 0.2) is 30.9 Å². The van der Waals surface area contributed by atoms with E-state index in [4.69, 9.17) is 5.73 Å². The zero-order valence-corrected chi connectivity index (χ0v) is 8.99. The third-order valence-electron chi connectivity index (χ3n) is 2.47. The second-order valence-electron chi connectivity index (χ2n) is 3.60. The zero-order chi connectivity index (χ0) is 11.5. The lowest BCUT2D eigenvalue weighted by Crippen LogP contribution is -2.09. The number of hydrogen-bond donors (Lipinski definition) is 1. The van der Waals surface area contributed by atoms with E-state index >= 15 is 0 Å². The van der Waals surface area contributed by atoms with Crippen LogP contribution in [0.25, 0.3) is 11.0 Å². The van der Waals surface area contributed by atoms with Gasteiger partial charge < -0.3 is 10.3 Å². The molecule has 1 aromatic heterocycles. The molecule has 0 spiro atoms. The predicted octanol–water partition coefficient (Wildman–Crippen LogP) is 1.86. The lowest BCUT2D eigenvalue weighted by Gasteiger charge is -2.04. The second-order valence-corrected chi connectivity index (χ2v) is 3.60. The molecule has 0 unspecified atom stereocenters. The van der Waals surface area contributed by atoms with Crippen LogP contribution in [0.3, 0.4) is 0 Å². The standard InChI is InChI=1S/C12H14FN3/c1-2-7-16-11-4-3-9(13)8-10(11)15-12(16)5-6-14/h2-4,8H,1,5-7,14H2. The average molecular weight is 219 g/mol. The topological polar surface area (TPSA) is 43.8 Å². The van der Waals surface area contributed by atoms with Crippen molar-refractivity contribution in [2.75, 3.05) is 6.54 Å². The second kappa shape index (κ2) is 4.45. The number of nitrogens with zero attached hydrogens (tertiary/aromatic N) is 2. The van der Waals surface area contributed by atoms with Crippen LogP contribution in [-0.4, -0.2) is 16.1 Å². The van der Waals surface area contributed by atoms with Crippen LogP contribution in [-0.2, 0) is 13.0 Å². The highest BCUT2D eigenvalue weighted by molar-refractivity contribution is 5.76. The van der Waals surface area contributed by atoms with Gasteiger partial charge in [0, 0.05) is 19.0 Å². The number of nitrogens with two attached hydrogens (primary N) is 1. The fourth-order valence-corrected chi connectivity index (χ4v) is 1.81. The van der Waals surface area contributed by atoms with Crippen LogP contribution in [0.5, 0.6) is 0 Å². The molecule has 0 bridgehead atoms. The summed E-state index contributed by atoms with van der Waals surface area (Å²) in [5.74, 6) is 0.609. The first-order chi connectivity index (χ1) is 7.76. The van der Waals surface area contributed by atoms with E-state index in [1.54, 1.807) is 12.1 Å². The van der Waals surface area contributed by atoms with Crippen molar-refractivity contribution in [3.63, 3.8) is 0 Å². The molecule has 4 heteroatoms. The molecule has 16 heavy (non-hydrogen) atoms. The summed E-state index contributed by atoms with van der Waals surface area (Å²) >= 11 is 0. The molecule has 0 saturated carbocycles. The third-order valence-corrected chi connectivity index (χ3v) is 2.47. The number of benzene rings is 1. The van der Waals surface area contributed by atoms with Crippen molar-refractivity contribution in [3.05, 3.63) is 42.5 Å². The Morgan fingerprint density at radius 3 is 3.00 bits per heavy atom. The summed E-state index contributed by atoms with van der Waals surface area (Å²) in [5, 5.41) is 0. The molecular formula is C12H14FN3. The largest absolute Gasteiger partial charge is 0.330 e. The van der Waals surface area contributed by atoms with Gasteiger partial charge >= 0.3 is 0 Å². The van der Waals surface area contributed by atoms with E-state index in [0.29, 0.717) is 25.0 Å². The van der Waals surface area contributed by atoms with Crippen LogP contribution in [0.4, 0.5) is 4.39 Å². The van der Waals surface area contributed by atoms with E-state index in [1.165, 1.54) is 12.1 Å². The Balaban J connectivity index is 2.60. The number of aromatic nitrogens is 2. The van der Waals surface area contributed by atoms with Gasteiger partial charge in [-0.1, -0.05) is 6.08 Å². The van der Waals surface area contributed by atoms with Crippen LogP contribution in [0.2, 0.25) is 0 Å². The first-order valence-electron chi connectivity index (χ1n) is 5.22. The predicted molar refractivity (Wildman–Crippen MR) is 62.6 cm³/mol. The Kier molecular flexibility index (Phi) is 3.01. The lowest BCUT2D eigenvalue weighted by atomic mass is 10.3. The number of halogens is 1. The summed E-state index contributed by atoms with van der Waals surface area (Å²) in [4.78, 5) is 4.38. The minimum absolute atomic E-state index is 0.268. The van der Waals surface area contributed by atoms with Gasteiger partial charge in [-0.25, -0.2) is 9.37 Å². The molecule has 0 aliphatic heterocycles. The molecule has 2 rings (SSSR count). The van der Waals surface area contributed by atoms with Gasteiger partial charge in [-0.3, -0.25) is 0 Å². The van der Waals surface area contributed by atoms with E-state index in [1.807, 2.05) is 4.57 Å². The molecule has 0 aliphatic rings. The van der Waals surface area contributed by atoms with Crippen molar-refractivity contribution in [2.45, 2.75) is 13.0 Å². The van der Waals surface area contributed by atoms with Crippen molar-refractivity contribution in [3.8, 4) is 0 Å². The molecule has 0 amide bonds. The molecule has 1 aromatic carbocycles. The molecule has 1 heterocycles. The molecule has 0 atom stereocenters. The summed E-state index contributed by atoms with van der Waals surface area (Å²) in [6.45, 7) is 4.90. The van der Waals surface area contributed by atoms with Gasteiger partial charge in [0.25, 0.3) is 0 Å². The minimum atomic E-state index is -0.268. The third kappa shape index (κ3) is 1.84. The highest BCUT2D eigenvalue weighted by atomic mass is 19.1. The van der Waals surface area contributed by atoms with Gasteiger partial charge in [0.15, 0.2) is 0 Å². The molecule has 0 fully saturated rings. The molecule has 0 saturated heterocycles. The van der Waals surface area contributed by atoms with Crippen LogP contribution in [0.1, 0.15) is 5.82 Å². The van der Waals surface area contributed by atoms with E-state index < -0.39 is 0 Å². The summed E-state index contributed by atoms with van der Waals surface area (Å²) in [7, 11) is 0. The van der Waals surface area contributed by atoms with Crippen molar-refractivity contribution < 1.29 is 4.39 Å². The minimum Gasteiger partial charge on any atom is -0.330 e. The summed E-state index contributed by atoms with van der Waals surface area (Å²) in [6, 6.07) is 4.62. The number of hydrogen-bond acceptors (Lipinski definition) is 2. The van der Waals surface area contributed by atoms with Gasteiger partial charge in [-0.05, 0) is 18.7 Å². The Morgan fingerprint density at radius 1 is 1.50 bits per heavy atom. The van der Waals surface area contributed by atoms with Crippen molar-refractivity contribution in [1.82, 2.24) is 9.55 Å². The van der Waals surface area contributed by atoms with Crippen LogP contribution in [0, 0.1) is 5.82 Å². The molecule has 2 N–H and O–H groups in total. The maximum atomic E-state index is 13.1.